The number of rotatable bonds is 3. The van der Waals surface area contributed by atoms with E-state index in [0.29, 0.717) is 0 Å². The Morgan fingerprint density at radius 2 is 1.59 bits per heavy atom. The third-order valence-corrected chi connectivity index (χ3v) is 4.13. The molecule has 2 heteroatoms. The third-order valence-electron chi connectivity index (χ3n) is 4.13. The second kappa shape index (κ2) is 5.23. The summed E-state index contributed by atoms with van der Waals surface area (Å²) in [7, 11) is 0. The Labute approximate surface area is 129 Å². The van der Waals surface area contributed by atoms with Crippen LogP contribution in [0.4, 0.5) is 5.69 Å². The molecule has 0 amide bonds. The third kappa shape index (κ3) is 2.13. The number of hydrogen-bond acceptors (Lipinski definition) is 2. The quantitative estimate of drug-likeness (QED) is 0.537. The second-order valence-electron chi connectivity index (χ2n) is 5.56. The lowest BCUT2D eigenvalue weighted by Crippen LogP contribution is -2.01. The van der Waals surface area contributed by atoms with E-state index >= 15 is 0 Å². The lowest BCUT2D eigenvalue weighted by atomic mass is 10.1. The van der Waals surface area contributed by atoms with Gasteiger partial charge in [-0.25, -0.2) is 0 Å². The Morgan fingerprint density at radius 1 is 0.818 bits per heavy atom. The molecule has 1 heterocycles. The van der Waals surface area contributed by atoms with Gasteiger partial charge in [0.15, 0.2) is 5.58 Å². The van der Waals surface area contributed by atoms with Gasteiger partial charge in [-0.2, -0.15) is 0 Å². The Morgan fingerprint density at radius 3 is 2.50 bits per heavy atom. The van der Waals surface area contributed by atoms with Gasteiger partial charge in [0, 0.05) is 17.3 Å². The van der Waals surface area contributed by atoms with Crippen molar-refractivity contribution in [2.75, 3.05) is 5.32 Å². The normalized spacial score (nSPS) is 11.1. The molecule has 1 N–H and O–H groups in total. The van der Waals surface area contributed by atoms with E-state index in [0.717, 1.165) is 34.2 Å². The fraction of sp³-hybridized carbons (Fsp3) is 0.100. The first-order valence-electron chi connectivity index (χ1n) is 7.51. The largest absolute Gasteiger partial charge is 0.454 e. The van der Waals surface area contributed by atoms with Gasteiger partial charge in [0.05, 0.1) is 5.69 Å². The second-order valence-corrected chi connectivity index (χ2v) is 5.56. The van der Waals surface area contributed by atoms with Crippen molar-refractivity contribution in [2.45, 2.75) is 13.5 Å². The highest BCUT2D eigenvalue weighted by Gasteiger charge is 2.09. The van der Waals surface area contributed by atoms with Gasteiger partial charge in [0.2, 0.25) is 0 Å². The van der Waals surface area contributed by atoms with Crippen molar-refractivity contribution in [3.8, 4) is 0 Å². The Balaban J connectivity index is 1.74. The SMILES string of the molecule is Cc1ccccc1CNc1cccc2c1oc1ccccc12. The van der Waals surface area contributed by atoms with E-state index in [9.17, 15) is 0 Å². The first kappa shape index (κ1) is 13.0. The summed E-state index contributed by atoms with van der Waals surface area (Å²) < 4.78 is 6.04. The Bertz CT molecular complexity index is 952. The van der Waals surface area contributed by atoms with E-state index in [4.69, 9.17) is 4.42 Å². The first-order chi connectivity index (χ1) is 10.8. The molecule has 0 fully saturated rings. The molecule has 0 unspecified atom stereocenters. The number of para-hydroxylation sites is 2. The number of benzene rings is 3. The highest BCUT2D eigenvalue weighted by atomic mass is 16.3. The fourth-order valence-electron chi connectivity index (χ4n) is 2.89. The summed E-state index contributed by atoms with van der Waals surface area (Å²) in [6.45, 7) is 2.93. The highest BCUT2D eigenvalue weighted by molar-refractivity contribution is 6.08. The van der Waals surface area contributed by atoms with E-state index in [1.165, 1.54) is 11.1 Å². The van der Waals surface area contributed by atoms with E-state index in [-0.39, 0.29) is 0 Å². The van der Waals surface area contributed by atoms with Crippen molar-refractivity contribution in [1.82, 2.24) is 0 Å². The number of furan rings is 1. The molecule has 108 valence electrons. The zero-order valence-corrected chi connectivity index (χ0v) is 12.5. The summed E-state index contributed by atoms with van der Waals surface area (Å²) in [5, 5.41) is 5.83. The molecule has 0 atom stereocenters. The Hall–Kier alpha value is -2.74. The summed E-state index contributed by atoms with van der Waals surface area (Å²) in [6.07, 6.45) is 0. The molecule has 0 aliphatic heterocycles. The van der Waals surface area contributed by atoms with Crippen LogP contribution in [-0.2, 0) is 6.54 Å². The number of nitrogens with one attached hydrogen (secondary N) is 1. The molecule has 0 aliphatic rings. The summed E-state index contributed by atoms with van der Waals surface area (Å²) in [6, 6.07) is 22.9. The van der Waals surface area contributed by atoms with Crippen LogP contribution in [0.3, 0.4) is 0 Å². The van der Waals surface area contributed by atoms with Gasteiger partial charge in [-0.05, 0) is 30.2 Å². The molecule has 1 aromatic heterocycles. The molecular weight excluding hydrogens is 270 g/mol. The van der Waals surface area contributed by atoms with Gasteiger partial charge in [-0.1, -0.05) is 54.6 Å². The molecule has 0 saturated carbocycles. The predicted molar refractivity (Wildman–Crippen MR) is 92.2 cm³/mol. The Kier molecular flexibility index (Phi) is 3.08. The molecule has 0 saturated heterocycles. The minimum atomic E-state index is 0.794. The van der Waals surface area contributed by atoms with Crippen LogP contribution in [0.25, 0.3) is 21.9 Å². The maximum Gasteiger partial charge on any atom is 0.158 e. The van der Waals surface area contributed by atoms with Crippen LogP contribution in [0.5, 0.6) is 0 Å². The zero-order chi connectivity index (χ0) is 14.9. The summed E-state index contributed by atoms with van der Waals surface area (Å²) >= 11 is 0. The maximum atomic E-state index is 6.04. The smallest absolute Gasteiger partial charge is 0.158 e. The molecule has 4 rings (SSSR count). The average molecular weight is 287 g/mol. The average Bonchev–Trinajstić information content (AvgIpc) is 2.93. The lowest BCUT2D eigenvalue weighted by molar-refractivity contribution is 0.669. The topological polar surface area (TPSA) is 25.2 Å². The number of fused-ring (bicyclic) bond motifs is 3. The number of hydrogen-bond donors (Lipinski definition) is 1. The minimum Gasteiger partial charge on any atom is -0.454 e. The van der Waals surface area contributed by atoms with Crippen LogP contribution in [0.2, 0.25) is 0 Å². The van der Waals surface area contributed by atoms with E-state index in [2.05, 4.69) is 60.8 Å². The molecule has 0 bridgehead atoms. The lowest BCUT2D eigenvalue weighted by Gasteiger charge is -2.09. The highest BCUT2D eigenvalue weighted by Crippen LogP contribution is 2.33. The van der Waals surface area contributed by atoms with Crippen molar-refractivity contribution in [2.24, 2.45) is 0 Å². The molecule has 2 nitrogen and oxygen atoms in total. The standard InChI is InChI=1S/C20H17NO/c1-14-7-2-3-8-15(14)13-21-18-11-6-10-17-16-9-4-5-12-19(16)22-20(17)18/h2-12,21H,13H2,1H3. The molecule has 0 aliphatic carbocycles. The van der Waals surface area contributed by atoms with Crippen LogP contribution >= 0.6 is 0 Å². The predicted octanol–water partition coefficient (Wildman–Crippen LogP) is 5.51. The van der Waals surface area contributed by atoms with Gasteiger partial charge < -0.3 is 9.73 Å². The van der Waals surface area contributed by atoms with Crippen LogP contribution in [-0.4, -0.2) is 0 Å². The van der Waals surface area contributed by atoms with Crippen molar-refractivity contribution >= 4 is 27.6 Å². The molecule has 0 spiro atoms. The van der Waals surface area contributed by atoms with Gasteiger partial charge in [0.1, 0.15) is 5.58 Å². The summed E-state index contributed by atoms with van der Waals surface area (Å²) in [5.74, 6) is 0. The van der Waals surface area contributed by atoms with Crippen LogP contribution in [0.15, 0.2) is 71.1 Å². The summed E-state index contributed by atoms with van der Waals surface area (Å²) in [4.78, 5) is 0. The summed E-state index contributed by atoms with van der Waals surface area (Å²) in [5.41, 5.74) is 5.50. The number of anilines is 1. The van der Waals surface area contributed by atoms with Crippen LogP contribution < -0.4 is 5.32 Å². The molecular formula is C20H17NO. The molecule has 4 aromatic rings. The van der Waals surface area contributed by atoms with Gasteiger partial charge in [-0.3, -0.25) is 0 Å². The monoisotopic (exact) mass is 287 g/mol. The van der Waals surface area contributed by atoms with Gasteiger partial charge >= 0.3 is 0 Å². The van der Waals surface area contributed by atoms with Gasteiger partial charge in [-0.15, -0.1) is 0 Å². The van der Waals surface area contributed by atoms with Crippen LogP contribution in [0.1, 0.15) is 11.1 Å². The van der Waals surface area contributed by atoms with Crippen molar-refractivity contribution in [3.63, 3.8) is 0 Å². The van der Waals surface area contributed by atoms with Crippen molar-refractivity contribution < 1.29 is 4.42 Å². The van der Waals surface area contributed by atoms with Crippen LogP contribution in [0, 0.1) is 6.92 Å². The van der Waals surface area contributed by atoms with Gasteiger partial charge in [0.25, 0.3) is 0 Å². The zero-order valence-electron chi connectivity index (χ0n) is 12.5. The minimum absolute atomic E-state index is 0.794. The fourth-order valence-corrected chi connectivity index (χ4v) is 2.89. The number of aryl methyl sites for hydroxylation is 1. The van der Waals surface area contributed by atoms with Crippen molar-refractivity contribution in [1.29, 1.82) is 0 Å². The van der Waals surface area contributed by atoms with E-state index < -0.39 is 0 Å². The van der Waals surface area contributed by atoms with E-state index in [1.54, 1.807) is 0 Å². The van der Waals surface area contributed by atoms with Crippen molar-refractivity contribution in [3.05, 3.63) is 77.9 Å². The van der Waals surface area contributed by atoms with E-state index in [1.807, 2.05) is 18.2 Å². The molecule has 22 heavy (non-hydrogen) atoms. The molecule has 0 radical (unpaired) electrons. The molecule has 3 aromatic carbocycles. The maximum absolute atomic E-state index is 6.04. The first-order valence-corrected chi connectivity index (χ1v) is 7.51.